The summed E-state index contributed by atoms with van der Waals surface area (Å²) in [7, 11) is 0. The van der Waals surface area contributed by atoms with Gasteiger partial charge in [0.1, 0.15) is 18.7 Å². The van der Waals surface area contributed by atoms with Gasteiger partial charge in [0.15, 0.2) is 0 Å². The second-order valence-electron chi connectivity index (χ2n) is 15.9. The van der Waals surface area contributed by atoms with Gasteiger partial charge in [-0.05, 0) is 63.3 Å². The first kappa shape index (κ1) is 42.9. The smallest absolute Gasteiger partial charge is 0.407 e. The third kappa shape index (κ3) is 11.7. The number of carbonyl (C=O) groups excluding carboxylic acids is 4. The lowest BCUT2D eigenvalue weighted by Crippen LogP contribution is -2.57. The van der Waals surface area contributed by atoms with E-state index in [1.807, 2.05) is 107 Å². The van der Waals surface area contributed by atoms with Crippen molar-refractivity contribution >= 4 is 34.6 Å². The van der Waals surface area contributed by atoms with Crippen LogP contribution in [0, 0.1) is 11.8 Å². The Morgan fingerprint density at radius 2 is 1.39 bits per heavy atom. The Balaban J connectivity index is 1.33. The molecule has 0 heterocycles. The number of alkyl carbamates (subject to hydrolysis) is 1. The molecule has 0 fully saturated rings. The number of aliphatic hydroxyl groups is 1. The maximum Gasteiger partial charge on any atom is 0.407 e. The summed E-state index contributed by atoms with van der Waals surface area (Å²) in [6.07, 6.45) is 1.28. The zero-order valence-electron chi connectivity index (χ0n) is 34.1. The molecule has 57 heavy (non-hydrogen) atoms. The fourth-order valence-corrected chi connectivity index (χ4v) is 7.57. The molecule has 4 amide bonds. The molecule has 10 nitrogen and oxygen atoms in total. The topological polar surface area (TPSA) is 146 Å². The number of hydrogen-bond acceptors (Lipinski definition) is 6. The molecular weight excluding hydrogens is 717 g/mol. The minimum atomic E-state index is -1.12. The Labute approximate surface area is 337 Å². The first-order valence-electron chi connectivity index (χ1n) is 20.6. The molecule has 1 aliphatic rings. The summed E-state index contributed by atoms with van der Waals surface area (Å²) in [5, 5.41) is 24.8. The number of aliphatic hydroxyl groups excluding tert-OH is 1. The van der Waals surface area contributed by atoms with Gasteiger partial charge in [-0.3, -0.25) is 14.4 Å². The quantitative estimate of drug-likeness (QED) is 0.0633. The summed E-state index contributed by atoms with van der Waals surface area (Å²) in [5.41, 5.74) is 5.23. The molecule has 10 heteroatoms. The van der Waals surface area contributed by atoms with E-state index in [0.29, 0.717) is 31.7 Å². The van der Waals surface area contributed by atoms with Crippen LogP contribution in [0.3, 0.4) is 0 Å². The Morgan fingerprint density at radius 1 is 0.754 bits per heavy atom. The van der Waals surface area contributed by atoms with Crippen molar-refractivity contribution in [2.45, 2.75) is 110 Å². The van der Waals surface area contributed by atoms with Gasteiger partial charge in [0, 0.05) is 18.9 Å². The minimum absolute atomic E-state index is 0.0826. The van der Waals surface area contributed by atoms with Gasteiger partial charge in [0.25, 0.3) is 0 Å². The number of amides is 4. The van der Waals surface area contributed by atoms with Gasteiger partial charge in [0.05, 0.1) is 18.6 Å². The van der Waals surface area contributed by atoms with Crippen LogP contribution in [0.4, 0.5) is 4.79 Å². The molecule has 5 rings (SSSR count). The Kier molecular flexibility index (Phi) is 15.7. The van der Waals surface area contributed by atoms with Crippen LogP contribution >= 0.6 is 0 Å². The Morgan fingerprint density at radius 3 is 2.05 bits per heavy atom. The molecule has 0 spiro atoms. The molecule has 1 aliphatic carbocycles. The molecule has 0 bridgehead atoms. The highest BCUT2D eigenvalue weighted by atomic mass is 16.5. The number of fused-ring (bicyclic) bond motifs is 4. The molecule has 0 aromatic heterocycles. The van der Waals surface area contributed by atoms with Gasteiger partial charge in [-0.15, -0.1) is 0 Å². The van der Waals surface area contributed by atoms with E-state index < -0.39 is 42.1 Å². The van der Waals surface area contributed by atoms with E-state index in [2.05, 4.69) is 40.3 Å². The van der Waals surface area contributed by atoms with Crippen molar-refractivity contribution in [1.29, 1.82) is 0 Å². The lowest BCUT2D eigenvalue weighted by Gasteiger charge is -2.29. The number of benzene rings is 4. The van der Waals surface area contributed by atoms with Crippen LogP contribution in [0.15, 0.2) is 91.0 Å². The van der Waals surface area contributed by atoms with Crippen LogP contribution in [0.2, 0.25) is 0 Å². The lowest BCUT2D eigenvalue weighted by molar-refractivity contribution is -0.131. The predicted molar refractivity (Wildman–Crippen MR) is 226 cm³/mol. The van der Waals surface area contributed by atoms with Gasteiger partial charge in [-0.2, -0.15) is 0 Å². The van der Waals surface area contributed by atoms with E-state index in [9.17, 15) is 24.3 Å². The van der Waals surface area contributed by atoms with Crippen molar-refractivity contribution in [3.05, 3.63) is 108 Å². The van der Waals surface area contributed by atoms with Crippen LogP contribution in [0.25, 0.3) is 21.9 Å². The molecule has 304 valence electrons. The Bertz CT molecular complexity index is 1930. The summed E-state index contributed by atoms with van der Waals surface area (Å²) in [5.74, 6) is -0.996. The number of ether oxygens (including phenoxy) is 1. The summed E-state index contributed by atoms with van der Waals surface area (Å²) in [6.45, 7) is 10.7. The van der Waals surface area contributed by atoms with E-state index in [1.54, 1.807) is 0 Å². The monoisotopic (exact) mass is 776 g/mol. The average molecular weight is 777 g/mol. The average Bonchev–Trinajstić information content (AvgIpc) is 3.53. The molecule has 5 atom stereocenters. The van der Waals surface area contributed by atoms with E-state index >= 15 is 0 Å². The predicted octanol–water partition coefficient (Wildman–Crippen LogP) is 7.41. The third-order valence-electron chi connectivity index (χ3n) is 11.0. The molecule has 4 aromatic carbocycles. The molecule has 5 N–H and O–H groups in total. The van der Waals surface area contributed by atoms with Crippen molar-refractivity contribution in [1.82, 2.24) is 21.3 Å². The van der Waals surface area contributed by atoms with Gasteiger partial charge in [-0.25, -0.2) is 4.79 Å². The van der Waals surface area contributed by atoms with E-state index in [4.69, 9.17) is 4.74 Å². The van der Waals surface area contributed by atoms with Crippen molar-refractivity contribution in [3.63, 3.8) is 0 Å². The van der Waals surface area contributed by atoms with Gasteiger partial charge < -0.3 is 31.1 Å². The number of unbranched alkanes of at least 4 members (excludes halogenated alkanes) is 1. The fraction of sp³-hybridized carbons (Fsp3) is 0.447. The highest BCUT2D eigenvalue weighted by Crippen LogP contribution is 2.44. The van der Waals surface area contributed by atoms with Crippen molar-refractivity contribution in [2.24, 2.45) is 11.8 Å². The van der Waals surface area contributed by atoms with Crippen molar-refractivity contribution < 1.29 is 29.0 Å². The van der Waals surface area contributed by atoms with Crippen LogP contribution < -0.4 is 21.3 Å². The van der Waals surface area contributed by atoms with Crippen LogP contribution in [0.1, 0.15) is 95.8 Å². The number of nitrogens with one attached hydrogen (secondary N) is 4. The third-order valence-corrected chi connectivity index (χ3v) is 11.0. The van der Waals surface area contributed by atoms with E-state index in [1.165, 1.54) is 0 Å². The highest BCUT2D eigenvalue weighted by Gasteiger charge is 2.33. The van der Waals surface area contributed by atoms with E-state index in [0.717, 1.165) is 51.4 Å². The number of rotatable bonds is 20. The van der Waals surface area contributed by atoms with Crippen LogP contribution in [-0.2, 0) is 25.5 Å². The first-order valence-corrected chi connectivity index (χ1v) is 20.6. The second kappa shape index (κ2) is 20.8. The molecule has 3 unspecified atom stereocenters. The summed E-state index contributed by atoms with van der Waals surface area (Å²) in [4.78, 5) is 54.7. The summed E-state index contributed by atoms with van der Waals surface area (Å²) < 4.78 is 5.88. The summed E-state index contributed by atoms with van der Waals surface area (Å²) >= 11 is 0. The minimum Gasteiger partial charge on any atom is -0.449 e. The van der Waals surface area contributed by atoms with Crippen LogP contribution in [0.5, 0.6) is 0 Å². The number of hydrogen-bond donors (Lipinski definition) is 5. The zero-order valence-corrected chi connectivity index (χ0v) is 34.1. The zero-order chi connectivity index (χ0) is 40.9. The van der Waals surface area contributed by atoms with Crippen molar-refractivity contribution in [3.8, 4) is 11.1 Å². The summed E-state index contributed by atoms with van der Waals surface area (Å²) in [6, 6.07) is 27.2. The largest absolute Gasteiger partial charge is 0.449 e. The number of carbonyl (C=O) groups is 4. The lowest BCUT2D eigenvalue weighted by atomic mass is 9.96. The molecular formula is C47H60N4O6. The molecule has 4 aromatic rings. The molecule has 0 radical (unpaired) electrons. The van der Waals surface area contributed by atoms with Crippen LogP contribution in [-0.4, -0.2) is 66.3 Å². The van der Waals surface area contributed by atoms with Gasteiger partial charge in [-0.1, -0.05) is 145 Å². The maximum absolute atomic E-state index is 14.3. The fourth-order valence-electron chi connectivity index (χ4n) is 7.57. The first-order chi connectivity index (χ1) is 27.5. The second-order valence-corrected chi connectivity index (χ2v) is 15.9. The molecule has 0 saturated carbocycles. The normalized spacial score (nSPS) is 14.8. The van der Waals surface area contributed by atoms with Gasteiger partial charge >= 0.3 is 6.09 Å². The highest BCUT2D eigenvalue weighted by molar-refractivity contribution is 5.93. The Hall–Kier alpha value is -5.22. The van der Waals surface area contributed by atoms with Gasteiger partial charge in [0.2, 0.25) is 17.7 Å². The molecule has 0 aliphatic heterocycles. The van der Waals surface area contributed by atoms with E-state index in [-0.39, 0.29) is 37.2 Å². The van der Waals surface area contributed by atoms with Crippen molar-refractivity contribution in [2.75, 3.05) is 13.2 Å². The SMILES string of the molecule is CCCC[C@H](NC(=O)[C@H](Cc1cccc2ccccc12)NC(=O)OCC1c2ccccc2-c2ccccc21)C(=O)NC(CC(C)C)C(O)CC(=O)NCC(C)CC. The standard InChI is InChI=1S/C47H60N4O6/c1-6-8-24-40(45(54)50-41(25-30(3)4)43(52)27-44(53)48-28-31(5)7-2)49-46(55)42(26-33-18-15-17-32-16-9-10-19-34(32)33)51-47(56)57-29-39-37-22-13-11-20-35(37)36-21-12-14-23-38(36)39/h9-23,30-31,39-43,52H,6-8,24-29H2,1-5H3,(H,48,53)(H,49,55)(H,50,54)(H,51,56)/t31?,40-,41?,42-,43?/m0/s1. The maximum atomic E-state index is 14.3. The molecule has 0 saturated heterocycles.